The summed E-state index contributed by atoms with van der Waals surface area (Å²) in [5.41, 5.74) is 3.51. The fraction of sp³-hybridized carbons (Fsp3) is 0.304. The van der Waals surface area contributed by atoms with E-state index in [4.69, 9.17) is 0 Å². The van der Waals surface area contributed by atoms with Gasteiger partial charge in [0.1, 0.15) is 11.5 Å². The lowest BCUT2D eigenvalue weighted by atomic mass is 10.1. The maximum absolute atomic E-state index is 12.9. The normalized spacial score (nSPS) is 14.5. The number of carbonyl (C=O) groups excluding carboxylic acids is 1. The number of hydrogen-bond donors (Lipinski definition) is 2. The minimum atomic E-state index is -0.00214. The van der Waals surface area contributed by atoms with Crippen molar-refractivity contribution >= 4 is 22.5 Å². The van der Waals surface area contributed by atoms with Crippen LogP contribution in [0.2, 0.25) is 0 Å². The summed E-state index contributed by atoms with van der Waals surface area (Å²) in [6.07, 6.45) is 7.54. The van der Waals surface area contributed by atoms with Gasteiger partial charge in [0, 0.05) is 36.4 Å². The van der Waals surface area contributed by atoms with Gasteiger partial charge >= 0.3 is 0 Å². The van der Waals surface area contributed by atoms with E-state index >= 15 is 0 Å². The number of nitrogens with zero attached hydrogens (tertiary/aromatic N) is 6. The van der Waals surface area contributed by atoms with Crippen molar-refractivity contribution in [2.24, 2.45) is 7.05 Å². The lowest BCUT2D eigenvalue weighted by Gasteiger charge is -2.24. The Morgan fingerprint density at radius 3 is 2.84 bits per heavy atom. The SMILES string of the molecule is Cn1cc(-c2ccc3cnc(CC(=O)c4ccnc(NC5CCNCC5)c4)cc3n2)nn1. The summed E-state index contributed by atoms with van der Waals surface area (Å²) < 4.78 is 1.64. The fourth-order valence-corrected chi connectivity index (χ4v) is 3.89. The van der Waals surface area contributed by atoms with E-state index in [1.165, 1.54) is 0 Å². The molecule has 0 spiro atoms. The molecular formula is C23H24N8O. The van der Waals surface area contributed by atoms with Gasteiger partial charge in [-0.25, -0.2) is 9.97 Å². The standard InChI is InChI=1S/C23H24N8O/c1-31-14-21(29-30-31)19-3-2-16-13-26-18(11-20(16)28-19)12-22(32)15-4-9-25-23(10-15)27-17-5-7-24-8-6-17/h2-4,9-11,13-14,17,24H,5-8,12H2,1H3,(H,25,27). The van der Waals surface area contributed by atoms with Gasteiger partial charge in [0.05, 0.1) is 29.5 Å². The molecule has 0 aliphatic carbocycles. The molecule has 0 bridgehead atoms. The second-order valence-corrected chi connectivity index (χ2v) is 8.04. The Morgan fingerprint density at radius 1 is 1.16 bits per heavy atom. The third-order valence-corrected chi connectivity index (χ3v) is 5.61. The third-order valence-electron chi connectivity index (χ3n) is 5.61. The van der Waals surface area contributed by atoms with Crippen LogP contribution < -0.4 is 10.6 Å². The number of aryl methyl sites for hydroxylation is 1. The molecule has 0 saturated carbocycles. The molecule has 0 unspecified atom stereocenters. The Balaban J connectivity index is 1.33. The predicted molar refractivity (Wildman–Crippen MR) is 121 cm³/mol. The fourth-order valence-electron chi connectivity index (χ4n) is 3.89. The summed E-state index contributed by atoms with van der Waals surface area (Å²) in [6, 6.07) is 9.67. The molecule has 5 rings (SSSR count). The van der Waals surface area contributed by atoms with Crippen LogP contribution in [-0.2, 0) is 13.5 Å². The highest BCUT2D eigenvalue weighted by Gasteiger charge is 2.15. The molecule has 1 fully saturated rings. The highest BCUT2D eigenvalue weighted by Crippen LogP contribution is 2.20. The van der Waals surface area contributed by atoms with Gasteiger partial charge in [-0.2, -0.15) is 0 Å². The molecule has 4 aromatic heterocycles. The Morgan fingerprint density at radius 2 is 2.03 bits per heavy atom. The van der Waals surface area contributed by atoms with Crippen molar-refractivity contribution in [2.45, 2.75) is 25.3 Å². The number of hydrogen-bond acceptors (Lipinski definition) is 8. The Hall–Kier alpha value is -3.72. The van der Waals surface area contributed by atoms with Gasteiger partial charge in [-0.05, 0) is 56.3 Å². The van der Waals surface area contributed by atoms with Gasteiger partial charge in [0.15, 0.2) is 5.78 Å². The predicted octanol–water partition coefficient (Wildman–Crippen LogP) is 2.41. The zero-order valence-corrected chi connectivity index (χ0v) is 17.8. The molecule has 1 saturated heterocycles. The first kappa shape index (κ1) is 20.2. The van der Waals surface area contributed by atoms with E-state index in [0.717, 1.165) is 48.3 Å². The largest absolute Gasteiger partial charge is 0.367 e. The molecule has 0 radical (unpaired) electrons. The molecule has 4 aromatic rings. The second-order valence-electron chi connectivity index (χ2n) is 8.04. The van der Waals surface area contributed by atoms with Crippen LogP contribution >= 0.6 is 0 Å². The average molecular weight is 429 g/mol. The van der Waals surface area contributed by atoms with Gasteiger partial charge in [0.2, 0.25) is 0 Å². The van der Waals surface area contributed by atoms with Crippen LogP contribution in [0.4, 0.5) is 5.82 Å². The number of rotatable bonds is 6. The smallest absolute Gasteiger partial charge is 0.169 e. The van der Waals surface area contributed by atoms with Crippen LogP contribution in [0.1, 0.15) is 28.9 Å². The van der Waals surface area contributed by atoms with Crippen molar-refractivity contribution < 1.29 is 4.79 Å². The van der Waals surface area contributed by atoms with E-state index in [-0.39, 0.29) is 12.2 Å². The first-order valence-electron chi connectivity index (χ1n) is 10.7. The maximum atomic E-state index is 12.9. The van der Waals surface area contributed by atoms with E-state index in [1.54, 1.807) is 23.1 Å². The van der Waals surface area contributed by atoms with Crippen molar-refractivity contribution in [3.63, 3.8) is 0 Å². The summed E-state index contributed by atoms with van der Waals surface area (Å²) in [5, 5.41) is 15.8. The Labute approximate surface area is 185 Å². The molecule has 9 heteroatoms. The number of pyridine rings is 3. The van der Waals surface area contributed by atoms with E-state index in [0.29, 0.717) is 23.0 Å². The molecule has 1 aliphatic rings. The molecule has 1 aliphatic heterocycles. The molecule has 9 nitrogen and oxygen atoms in total. The molecule has 0 atom stereocenters. The number of carbonyl (C=O) groups is 1. The lowest BCUT2D eigenvalue weighted by Crippen LogP contribution is -2.35. The van der Waals surface area contributed by atoms with Crippen LogP contribution in [0.5, 0.6) is 0 Å². The van der Waals surface area contributed by atoms with E-state index in [2.05, 4.69) is 35.9 Å². The van der Waals surface area contributed by atoms with Gasteiger partial charge in [-0.15, -0.1) is 5.10 Å². The highest BCUT2D eigenvalue weighted by molar-refractivity contribution is 5.98. The second kappa shape index (κ2) is 8.80. The zero-order chi connectivity index (χ0) is 21.9. The van der Waals surface area contributed by atoms with E-state index in [1.807, 2.05) is 37.5 Å². The van der Waals surface area contributed by atoms with Crippen molar-refractivity contribution in [3.05, 3.63) is 60.2 Å². The van der Waals surface area contributed by atoms with Gasteiger partial charge in [-0.1, -0.05) is 5.21 Å². The number of Topliss-reactive ketones (excluding diaryl/α,β-unsaturated/α-hetero) is 1. The van der Waals surface area contributed by atoms with E-state index in [9.17, 15) is 4.79 Å². The Kier molecular flexibility index (Phi) is 5.55. The topological polar surface area (TPSA) is 111 Å². The lowest BCUT2D eigenvalue weighted by molar-refractivity contribution is 0.0992. The highest BCUT2D eigenvalue weighted by atomic mass is 16.1. The number of ketones is 1. The first-order chi connectivity index (χ1) is 15.6. The summed E-state index contributed by atoms with van der Waals surface area (Å²) in [6.45, 7) is 1.99. The first-order valence-corrected chi connectivity index (χ1v) is 10.7. The monoisotopic (exact) mass is 428 g/mol. The number of piperidine rings is 1. The Bertz CT molecular complexity index is 1260. The molecule has 32 heavy (non-hydrogen) atoms. The van der Waals surface area contributed by atoms with Crippen molar-refractivity contribution in [1.29, 1.82) is 0 Å². The number of aromatic nitrogens is 6. The minimum absolute atomic E-state index is 0.00214. The number of fused-ring (bicyclic) bond motifs is 1. The van der Waals surface area contributed by atoms with Gasteiger partial charge in [-0.3, -0.25) is 14.5 Å². The summed E-state index contributed by atoms with van der Waals surface area (Å²) in [4.78, 5) is 26.5. The van der Waals surface area contributed by atoms with Crippen LogP contribution in [0.15, 0.2) is 48.9 Å². The molecule has 5 heterocycles. The minimum Gasteiger partial charge on any atom is -0.367 e. The molecule has 2 N–H and O–H groups in total. The molecule has 162 valence electrons. The van der Waals surface area contributed by atoms with Gasteiger partial charge in [0.25, 0.3) is 0 Å². The molecular weight excluding hydrogens is 404 g/mol. The third kappa shape index (κ3) is 4.47. The average Bonchev–Trinajstić information content (AvgIpc) is 3.26. The van der Waals surface area contributed by atoms with Crippen LogP contribution in [0.25, 0.3) is 22.3 Å². The van der Waals surface area contributed by atoms with Crippen LogP contribution in [0.3, 0.4) is 0 Å². The van der Waals surface area contributed by atoms with Crippen molar-refractivity contribution in [1.82, 2.24) is 35.3 Å². The van der Waals surface area contributed by atoms with Crippen LogP contribution in [-0.4, -0.2) is 54.9 Å². The van der Waals surface area contributed by atoms with Crippen LogP contribution in [0, 0.1) is 0 Å². The summed E-state index contributed by atoms with van der Waals surface area (Å²) in [7, 11) is 1.82. The van der Waals surface area contributed by atoms with E-state index < -0.39 is 0 Å². The molecule has 0 amide bonds. The molecule has 0 aromatic carbocycles. The maximum Gasteiger partial charge on any atom is 0.169 e. The van der Waals surface area contributed by atoms with Gasteiger partial charge < -0.3 is 10.6 Å². The zero-order valence-electron chi connectivity index (χ0n) is 17.8. The van der Waals surface area contributed by atoms with Crippen molar-refractivity contribution in [2.75, 3.05) is 18.4 Å². The number of nitrogens with one attached hydrogen (secondary N) is 2. The quantitative estimate of drug-likeness (QED) is 0.451. The summed E-state index contributed by atoms with van der Waals surface area (Å²) >= 11 is 0. The summed E-state index contributed by atoms with van der Waals surface area (Å²) in [5.74, 6) is 0.738. The van der Waals surface area contributed by atoms with Crippen molar-refractivity contribution in [3.8, 4) is 11.4 Å². The number of anilines is 1.